The van der Waals surface area contributed by atoms with Crippen molar-refractivity contribution in [2.24, 2.45) is 11.8 Å². The fourth-order valence-electron chi connectivity index (χ4n) is 6.82. The zero-order valence-electron chi connectivity index (χ0n) is 19.6. The van der Waals surface area contributed by atoms with Gasteiger partial charge >= 0.3 is 12.1 Å². The summed E-state index contributed by atoms with van der Waals surface area (Å²) in [5.74, 6) is -0.867. The van der Waals surface area contributed by atoms with Crippen LogP contribution in [0.25, 0.3) is 11.1 Å². The number of benzene rings is 2. The van der Waals surface area contributed by atoms with E-state index in [4.69, 9.17) is 4.74 Å². The van der Waals surface area contributed by atoms with Crippen LogP contribution in [0.15, 0.2) is 48.5 Å². The lowest BCUT2D eigenvalue weighted by Crippen LogP contribution is -2.47. The minimum atomic E-state index is -0.786. The maximum atomic E-state index is 12.9. The van der Waals surface area contributed by atoms with E-state index in [1.54, 1.807) is 0 Å². The highest BCUT2D eigenvalue weighted by Crippen LogP contribution is 2.45. The van der Waals surface area contributed by atoms with Crippen molar-refractivity contribution in [3.05, 3.63) is 59.7 Å². The lowest BCUT2D eigenvalue weighted by molar-refractivity contribution is -0.143. The molecule has 0 spiro atoms. The van der Waals surface area contributed by atoms with Gasteiger partial charge in [0.05, 0.1) is 5.92 Å². The van der Waals surface area contributed by atoms with Gasteiger partial charge < -0.3 is 20.1 Å². The lowest BCUT2D eigenvalue weighted by Gasteiger charge is -2.36. The van der Waals surface area contributed by atoms with Crippen LogP contribution in [0.2, 0.25) is 0 Å². The van der Waals surface area contributed by atoms with E-state index in [0.717, 1.165) is 25.7 Å². The molecule has 7 nitrogen and oxygen atoms in total. The van der Waals surface area contributed by atoms with E-state index < -0.39 is 18.0 Å². The molecule has 2 bridgehead atoms. The topological polar surface area (TPSA) is 95.9 Å². The van der Waals surface area contributed by atoms with Crippen molar-refractivity contribution < 1.29 is 24.2 Å². The smallest absolute Gasteiger partial charge is 0.407 e. The van der Waals surface area contributed by atoms with Gasteiger partial charge in [-0.1, -0.05) is 48.5 Å². The molecular weight excluding hydrogens is 444 g/mol. The number of nitrogens with one attached hydrogen (secondary N) is 1. The first-order valence-electron chi connectivity index (χ1n) is 12.6. The zero-order chi connectivity index (χ0) is 24.1. The Hall–Kier alpha value is -3.35. The van der Waals surface area contributed by atoms with Crippen molar-refractivity contribution in [1.29, 1.82) is 0 Å². The fourth-order valence-corrected chi connectivity index (χ4v) is 6.82. The molecule has 0 radical (unpaired) electrons. The van der Waals surface area contributed by atoms with Crippen LogP contribution >= 0.6 is 0 Å². The first-order valence-corrected chi connectivity index (χ1v) is 12.6. The molecule has 1 saturated carbocycles. The lowest BCUT2D eigenvalue weighted by atomic mass is 9.78. The summed E-state index contributed by atoms with van der Waals surface area (Å²) < 4.78 is 5.63. The summed E-state index contributed by atoms with van der Waals surface area (Å²) in [6, 6.07) is 16.5. The quantitative estimate of drug-likeness (QED) is 0.656. The minimum absolute atomic E-state index is 0.0190. The molecule has 6 rings (SSSR count). The third kappa shape index (κ3) is 3.87. The van der Waals surface area contributed by atoms with Gasteiger partial charge in [0.2, 0.25) is 5.91 Å². The van der Waals surface area contributed by atoms with Gasteiger partial charge in [-0.25, -0.2) is 4.79 Å². The van der Waals surface area contributed by atoms with E-state index in [9.17, 15) is 19.5 Å². The zero-order valence-corrected chi connectivity index (χ0v) is 19.6. The predicted octanol–water partition coefficient (Wildman–Crippen LogP) is 4.16. The number of carboxylic acids is 1. The highest BCUT2D eigenvalue weighted by molar-refractivity contribution is 5.81. The van der Waals surface area contributed by atoms with Crippen LogP contribution in [0.3, 0.4) is 0 Å². The van der Waals surface area contributed by atoms with Gasteiger partial charge in [0.1, 0.15) is 6.61 Å². The monoisotopic (exact) mass is 474 g/mol. The SMILES string of the molecule is O=C(NC1CC(CC(=O)N2[C@H]3CC[C@@H]2[C@H](C(=O)O)C3)C1)OCC1c2ccccc2-c2ccccc21. The Morgan fingerprint density at radius 1 is 0.943 bits per heavy atom. The van der Waals surface area contributed by atoms with Gasteiger partial charge in [-0.3, -0.25) is 9.59 Å². The van der Waals surface area contributed by atoms with E-state index >= 15 is 0 Å². The molecule has 0 unspecified atom stereocenters. The molecule has 7 heteroatoms. The van der Waals surface area contributed by atoms with Crippen molar-refractivity contribution >= 4 is 18.0 Å². The highest BCUT2D eigenvalue weighted by Gasteiger charge is 2.51. The van der Waals surface area contributed by atoms with Crippen LogP contribution < -0.4 is 5.32 Å². The Labute approximate surface area is 204 Å². The summed E-state index contributed by atoms with van der Waals surface area (Å²) >= 11 is 0. The summed E-state index contributed by atoms with van der Waals surface area (Å²) in [4.78, 5) is 38.7. The number of amides is 2. The first-order chi connectivity index (χ1) is 17.0. The molecule has 4 aliphatic rings. The van der Waals surface area contributed by atoms with Crippen LogP contribution in [0.5, 0.6) is 0 Å². The Kier molecular flexibility index (Phi) is 5.50. The average Bonchev–Trinajstić information content (AvgIpc) is 3.51. The summed E-state index contributed by atoms with van der Waals surface area (Å²) in [5.41, 5.74) is 4.77. The van der Waals surface area contributed by atoms with Crippen LogP contribution in [0.1, 0.15) is 55.6 Å². The molecule has 2 aliphatic carbocycles. The van der Waals surface area contributed by atoms with Crippen LogP contribution in [-0.2, 0) is 14.3 Å². The third-order valence-corrected chi connectivity index (χ3v) is 8.51. The molecular formula is C28H30N2O5. The summed E-state index contributed by atoms with van der Waals surface area (Å²) in [6.45, 7) is 0.289. The van der Waals surface area contributed by atoms with Crippen molar-refractivity contribution in [2.75, 3.05) is 6.61 Å². The number of fused-ring (bicyclic) bond motifs is 5. The minimum Gasteiger partial charge on any atom is -0.481 e. The summed E-state index contributed by atoms with van der Waals surface area (Å²) in [5, 5.41) is 12.4. The van der Waals surface area contributed by atoms with E-state index in [-0.39, 0.29) is 42.5 Å². The van der Waals surface area contributed by atoms with Crippen LogP contribution in [-0.4, -0.2) is 52.7 Å². The van der Waals surface area contributed by atoms with Gasteiger partial charge in [-0.15, -0.1) is 0 Å². The highest BCUT2D eigenvalue weighted by atomic mass is 16.5. The molecule has 182 valence electrons. The molecule has 2 aromatic carbocycles. The molecule has 3 fully saturated rings. The van der Waals surface area contributed by atoms with Crippen LogP contribution in [0.4, 0.5) is 4.79 Å². The number of carbonyl (C=O) groups excluding carboxylic acids is 2. The molecule has 2 N–H and O–H groups in total. The number of nitrogens with zero attached hydrogens (tertiary/aromatic N) is 1. The van der Waals surface area contributed by atoms with Crippen molar-refractivity contribution in [3.63, 3.8) is 0 Å². The second kappa shape index (κ2) is 8.70. The molecule has 2 saturated heterocycles. The average molecular weight is 475 g/mol. The Morgan fingerprint density at radius 2 is 1.60 bits per heavy atom. The number of alkyl carbamates (subject to hydrolysis) is 1. The number of hydrogen-bond acceptors (Lipinski definition) is 4. The number of ether oxygens (including phenoxy) is 1. The standard InChI is InChI=1S/C28H30N2O5/c31-26(30-18-9-10-25(30)23(14-18)27(32)33)13-16-11-17(12-16)29-28(34)35-15-24-21-7-3-1-5-19(21)20-6-2-4-8-22(20)24/h1-8,16-18,23-25H,9-15H2,(H,29,34)(H,32,33)/t16?,17?,18-,23+,25+/m0/s1. The number of carboxylic acid groups (broad SMARTS) is 1. The van der Waals surface area contributed by atoms with Crippen molar-refractivity contribution in [2.45, 2.75) is 62.6 Å². The van der Waals surface area contributed by atoms with Gasteiger partial charge in [0.25, 0.3) is 0 Å². The van der Waals surface area contributed by atoms with Crippen LogP contribution in [0, 0.1) is 11.8 Å². The van der Waals surface area contributed by atoms with Gasteiger partial charge in [-0.05, 0) is 60.3 Å². The largest absolute Gasteiger partial charge is 0.481 e. The Balaban J connectivity index is 0.978. The summed E-state index contributed by atoms with van der Waals surface area (Å²) in [7, 11) is 0. The van der Waals surface area contributed by atoms with E-state index in [2.05, 4.69) is 29.6 Å². The van der Waals surface area contributed by atoms with E-state index in [0.29, 0.717) is 12.8 Å². The van der Waals surface area contributed by atoms with Crippen molar-refractivity contribution in [3.8, 4) is 11.1 Å². The van der Waals surface area contributed by atoms with E-state index in [1.165, 1.54) is 22.3 Å². The summed E-state index contributed by atoms with van der Waals surface area (Å²) in [6.07, 6.45) is 3.82. The maximum absolute atomic E-state index is 12.9. The third-order valence-electron chi connectivity index (χ3n) is 8.51. The second-order valence-corrected chi connectivity index (χ2v) is 10.5. The molecule has 3 atom stereocenters. The molecule has 2 aliphatic heterocycles. The fraction of sp³-hybridized carbons (Fsp3) is 0.464. The Bertz CT molecular complexity index is 1130. The number of rotatable bonds is 6. The van der Waals surface area contributed by atoms with Gasteiger partial charge in [-0.2, -0.15) is 0 Å². The molecule has 35 heavy (non-hydrogen) atoms. The van der Waals surface area contributed by atoms with Gasteiger partial charge in [0.15, 0.2) is 0 Å². The molecule has 0 aromatic heterocycles. The number of hydrogen-bond donors (Lipinski definition) is 2. The molecule has 2 amide bonds. The van der Waals surface area contributed by atoms with E-state index in [1.807, 2.05) is 29.2 Å². The predicted molar refractivity (Wildman–Crippen MR) is 129 cm³/mol. The molecule has 2 heterocycles. The van der Waals surface area contributed by atoms with Crippen molar-refractivity contribution in [1.82, 2.24) is 10.2 Å². The number of carbonyl (C=O) groups is 3. The number of aliphatic carboxylic acids is 1. The van der Waals surface area contributed by atoms with Gasteiger partial charge in [0, 0.05) is 30.5 Å². The molecule has 2 aromatic rings. The maximum Gasteiger partial charge on any atom is 0.407 e. The normalized spacial score (nSPS) is 28.2. The Morgan fingerprint density at radius 3 is 2.23 bits per heavy atom. The first kappa shape index (κ1) is 22.1. The second-order valence-electron chi connectivity index (χ2n) is 10.5.